The van der Waals surface area contributed by atoms with Gasteiger partial charge < -0.3 is 5.32 Å². The monoisotopic (exact) mass is 287 g/mol. The average molecular weight is 287 g/mol. The van der Waals surface area contributed by atoms with Crippen LogP contribution >= 0.6 is 0 Å². The van der Waals surface area contributed by atoms with Crippen molar-refractivity contribution in [1.29, 1.82) is 0 Å². The van der Waals surface area contributed by atoms with Gasteiger partial charge in [0.1, 0.15) is 0 Å². The van der Waals surface area contributed by atoms with Crippen LogP contribution in [0.25, 0.3) is 0 Å². The quantitative estimate of drug-likeness (QED) is 0.773. The lowest BCUT2D eigenvalue weighted by atomic mass is 9.71. The van der Waals surface area contributed by atoms with E-state index < -0.39 is 0 Å². The van der Waals surface area contributed by atoms with Gasteiger partial charge in [0.05, 0.1) is 0 Å². The molecule has 1 atom stereocenters. The predicted molar refractivity (Wildman–Crippen MR) is 92.8 cm³/mol. The minimum Gasteiger partial charge on any atom is -0.316 e. The smallest absolute Gasteiger partial charge is 0.0161 e. The van der Waals surface area contributed by atoms with E-state index in [-0.39, 0.29) is 0 Å². The Labute approximate surface area is 131 Å². The zero-order valence-electron chi connectivity index (χ0n) is 14.6. The fourth-order valence-electron chi connectivity index (χ4n) is 4.63. The van der Waals surface area contributed by atoms with Crippen LogP contribution in [-0.4, -0.2) is 13.1 Å². The summed E-state index contributed by atoms with van der Waals surface area (Å²) >= 11 is 0. The molecule has 0 saturated heterocycles. The van der Waals surface area contributed by atoms with Crippen molar-refractivity contribution >= 4 is 0 Å². The zero-order chi connectivity index (χ0) is 15.5. The molecule has 0 bridgehead atoms. The minimum atomic E-state index is 0.514. The molecule has 1 fully saturated rings. The Morgan fingerprint density at radius 1 is 1.05 bits per heavy atom. The molecule has 1 saturated carbocycles. The third-order valence-corrected chi connectivity index (χ3v) is 5.22. The molecule has 1 aliphatic carbocycles. The molecule has 0 aliphatic heterocycles. The molecule has 21 heavy (non-hydrogen) atoms. The molecule has 0 radical (unpaired) electrons. The second-order valence-corrected chi connectivity index (χ2v) is 7.71. The van der Waals surface area contributed by atoms with E-state index in [1.165, 1.54) is 55.2 Å². The fourth-order valence-corrected chi connectivity index (χ4v) is 4.63. The van der Waals surface area contributed by atoms with Gasteiger partial charge >= 0.3 is 0 Å². The van der Waals surface area contributed by atoms with Crippen molar-refractivity contribution in [3.63, 3.8) is 0 Å². The van der Waals surface area contributed by atoms with E-state index in [4.69, 9.17) is 0 Å². The van der Waals surface area contributed by atoms with E-state index in [1.54, 1.807) is 0 Å². The lowest BCUT2D eigenvalue weighted by Gasteiger charge is -2.39. The molecule has 118 valence electrons. The van der Waals surface area contributed by atoms with Crippen molar-refractivity contribution in [2.24, 2.45) is 11.3 Å². The number of benzene rings is 1. The first-order valence-corrected chi connectivity index (χ1v) is 8.69. The van der Waals surface area contributed by atoms with Crippen LogP contribution in [0.2, 0.25) is 0 Å². The van der Waals surface area contributed by atoms with Crippen LogP contribution in [0.3, 0.4) is 0 Å². The minimum absolute atomic E-state index is 0.514. The van der Waals surface area contributed by atoms with Crippen molar-refractivity contribution in [3.8, 4) is 0 Å². The number of likely N-dealkylation sites (N-methyl/N-ethyl adjacent to an activating group) is 1. The van der Waals surface area contributed by atoms with Crippen molar-refractivity contribution < 1.29 is 0 Å². The number of hydrogen-bond donors (Lipinski definition) is 1. The van der Waals surface area contributed by atoms with Crippen molar-refractivity contribution in [1.82, 2.24) is 5.32 Å². The van der Waals surface area contributed by atoms with E-state index in [2.05, 4.69) is 58.3 Å². The van der Waals surface area contributed by atoms with Crippen molar-refractivity contribution in [2.75, 3.05) is 7.05 Å². The predicted octanol–water partition coefficient (Wildman–Crippen LogP) is 5.04. The highest BCUT2D eigenvalue weighted by atomic mass is 14.9. The summed E-state index contributed by atoms with van der Waals surface area (Å²) in [6.07, 6.45) is 8.17. The molecule has 0 aromatic heterocycles. The van der Waals surface area contributed by atoms with Gasteiger partial charge in [-0.15, -0.1) is 0 Å². The maximum absolute atomic E-state index is 3.68. The molecule has 1 aromatic rings. The SMILES string of the molecule is CNC(Cc1cc(C)cc(C)c1)C1(CC(C)C)CCCC1. The van der Waals surface area contributed by atoms with Gasteiger partial charge in [0.25, 0.3) is 0 Å². The first-order valence-electron chi connectivity index (χ1n) is 8.69. The molecular formula is C20H33N. The summed E-state index contributed by atoms with van der Waals surface area (Å²) in [7, 11) is 2.16. The Balaban J connectivity index is 2.20. The van der Waals surface area contributed by atoms with Gasteiger partial charge in [0.15, 0.2) is 0 Å². The van der Waals surface area contributed by atoms with Gasteiger partial charge in [-0.2, -0.15) is 0 Å². The van der Waals surface area contributed by atoms with Gasteiger partial charge in [-0.3, -0.25) is 0 Å². The van der Waals surface area contributed by atoms with E-state index in [1.807, 2.05) is 0 Å². The zero-order valence-corrected chi connectivity index (χ0v) is 14.6. The normalized spacial score (nSPS) is 19.1. The lowest BCUT2D eigenvalue weighted by Crippen LogP contribution is -2.44. The fraction of sp³-hybridized carbons (Fsp3) is 0.700. The highest BCUT2D eigenvalue weighted by Gasteiger charge is 2.40. The second kappa shape index (κ2) is 6.96. The van der Waals surface area contributed by atoms with E-state index in [9.17, 15) is 0 Å². The summed E-state index contributed by atoms with van der Waals surface area (Å²) in [5.41, 5.74) is 4.80. The van der Waals surface area contributed by atoms with Crippen LogP contribution in [0.5, 0.6) is 0 Å². The van der Waals surface area contributed by atoms with Crippen LogP contribution in [0.1, 0.15) is 62.6 Å². The highest BCUT2D eigenvalue weighted by molar-refractivity contribution is 5.29. The summed E-state index contributed by atoms with van der Waals surface area (Å²) in [5.74, 6) is 0.790. The van der Waals surface area contributed by atoms with Crippen LogP contribution in [-0.2, 0) is 6.42 Å². The summed E-state index contributed by atoms with van der Waals surface area (Å²) in [5, 5.41) is 3.68. The summed E-state index contributed by atoms with van der Waals surface area (Å²) in [6, 6.07) is 7.63. The molecule has 0 amide bonds. The Morgan fingerprint density at radius 3 is 2.10 bits per heavy atom. The second-order valence-electron chi connectivity index (χ2n) is 7.71. The molecule has 1 aromatic carbocycles. The summed E-state index contributed by atoms with van der Waals surface area (Å²) < 4.78 is 0. The Hall–Kier alpha value is -0.820. The van der Waals surface area contributed by atoms with Gasteiger partial charge in [-0.1, -0.05) is 56.0 Å². The van der Waals surface area contributed by atoms with Gasteiger partial charge in [-0.05, 0) is 63.5 Å². The van der Waals surface area contributed by atoms with Crippen LogP contribution in [0.4, 0.5) is 0 Å². The molecule has 0 heterocycles. The molecule has 0 spiro atoms. The first kappa shape index (κ1) is 16.5. The third-order valence-electron chi connectivity index (χ3n) is 5.22. The molecule has 2 rings (SSSR count). The molecule has 1 aliphatic rings. The van der Waals surface area contributed by atoms with Crippen LogP contribution in [0, 0.1) is 25.2 Å². The Morgan fingerprint density at radius 2 is 1.62 bits per heavy atom. The molecule has 1 unspecified atom stereocenters. The number of aryl methyl sites for hydroxylation is 2. The summed E-state index contributed by atoms with van der Waals surface area (Å²) in [6.45, 7) is 9.18. The van der Waals surface area contributed by atoms with E-state index >= 15 is 0 Å². The number of rotatable bonds is 6. The van der Waals surface area contributed by atoms with E-state index in [0.29, 0.717) is 11.5 Å². The maximum Gasteiger partial charge on any atom is 0.0161 e. The van der Waals surface area contributed by atoms with E-state index in [0.717, 1.165) is 5.92 Å². The Bertz CT molecular complexity index is 435. The maximum atomic E-state index is 3.68. The van der Waals surface area contributed by atoms with Crippen LogP contribution < -0.4 is 5.32 Å². The third kappa shape index (κ3) is 4.10. The molecule has 1 heteroatoms. The first-order chi connectivity index (χ1) is 9.95. The highest BCUT2D eigenvalue weighted by Crippen LogP contribution is 2.46. The Kier molecular flexibility index (Phi) is 5.48. The topological polar surface area (TPSA) is 12.0 Å². The number of nitrogens with one attached hydrogen (secondary N) is 1. The van der Waals surface area contributed by atoms with Crippen LogP contribution in [0.15, 0.2) is 18.2 Å². The van der Waals surface area contributed by atoms with Crippen molar-refractivity contribution in [3.05, 3.63) is 34.9 Å². The standard InChI is InChI=1S/C20H33N/c1-15(2)14-20(8-6-7-9-20)19(21-5)13-18-11-16(3)10-17(4)12-18/h10-12,15,19,21H,6-9,13-14H2,1-5H3. The lowest BCUT2D eigenvalue weighted by molar-refractivity contribution is 0.160. The summed E-state index contributed by atoms with van der Waals surface area (Å²) in [4.78, 5) is 0. The largest absolute Gasteiger partial charge is 0.316 e. The average Bonchev–Trinajstić information content (AvgIpc) is 2.83. The number of hydrogen-bond acceptors (Lipinski definition) is 1. The van der Waals surface area contributed by atoms with Gasteiger partial charge in [-0.25, -0.2) is 0 Å². The van der Waals surface area contributed by atoms with Gasteiger partial charge in [0.2, 0.25) is 0 Å². The molecular weight excluding hydrogens is 254 g/mol. The van der Waals surface area contributed by atoms with Crippen molar-refractivity contribution in [2.45, 2.75) is 72.3 Å². The molecule has 1 N–H and O–H groups in total. The van der Waals surface area contributed by atoms with Gasteiger partial charge in [0, 0.05) is 6.04 Å². The molecule has 1 nitrogen and oxygen atoms in total.